The van der Waals surface area contributed by atoms with E-state index in [4.69, 9.17) is 23.2 Å². The number of anilines is 1. The molecule has 0 radical (unpaired) electrons. The number of carbonyl (C=O) groups excluding carboxylic acids is 2. The van der Waals surface area contributed by atoms with Gasteiger partial charge in [0.2, 0.25) is 11.8 Å². The molecule has 10 heteroatoms. The first-order chi connectivity index (χ1) is 20.5. The van der Waals surface area contributed by atoms with Crippen LogP contribution in [-0.4, -0.2) is 43.8 Å². The quantitative estimate of drug-likeness (QED) is 0.242. The molecule has 43 heavy (non-hydrogen) atoms. The number of rotatable bonds is 11. The molecule has 1 saturated carbocycles. The Morgan fingerprint density at radius 3 is 2.19 bits per heavy atom. The summed E-state index contributed by atoms with van der Waals surface area (Å²) in [6.07, 6.45) is 5.44. The van der Waals surface area contributed by atoms with E-state index in [0.29, 0.717) is 16.5 Å². The van der Waals surface area contributed by atoms with Crippen molar-refractivity contribution in [2.45, 2.75) is 82.8 Å². The molecular weight excluding hydrogens is 605 g/mol. The van der Waals surface area contributed by atoms with E-state index in [-0.39, 0.29) is 29.1 Å². The van der Waals surface area contributed by atoms with Crippen molar-refractivity contribution in [2.24, 2.45) is 0 Å². The normalized spacial score (nSPS) is 14.6. The summed E-state index contributed by atoms with van der Waals surface area (Å²) >= 11 is 12.5. The van der Waals surface area contributed by atoms with Gasteiger partial charge in [-0.15, -0.1) is 0 Å². The average molecular weight is 645 g/mol. The molecule has 0 unspecified atom stereocenters. The number of benzene rings is 3. The van der Waals surface area contributed by atoms with Crippen molar-refractivity contribution in [3.63, 3.8) is 0 Å². The standard InChI is InChI=1S/C33H39Cl2N3O4S/c1-4-31(33(40)36-27-8-6-5-7-9-27)37(21-25-13-15-26(34)16-14-25)32(39)22-38(28-17-12-24(3)30(35)20-28)43(41,42)29-18-10-23(2)11-19-29/h10-20,27,31H,4-9,21-22H2,1-3H3,(H,36,40)/t31-/m1/s1. The fourth-order valence-electron chi connectivity index (χ4n) is 5.35. The molecule has 0 aliphatic heterocycles. The Kier molecular flexibility index (Phi) is 11.2. The summed E-state index contributed by atoms with van der Waals surface area (Å²) in [5, 5.41) is 4.09. The van der Waals surface area contributed by atoms with Gasteiger partial charge in [-0.25, -0.2) is 8.42 Å². The molecular formula is C33H39Cl2N3O4S. The van der Waals surface area contributed by atoms with E-state index in [1.165, 1.54) is 17.0 Å². The van der Waals surface area contributed by atoms with Crippen LogP contribution in [-0.2, 0) is 26.2 Å². The summed E-state index contributed by atoms with van der Waals surface area (Å²) in [4.78, 5) is 29.4. The van der Waals surface area contributed by atoms with Gasteiger partial charge in [0.25, 0.3) is 10.0 Å². The van der Waals surface area contributed by atoms with Crippen LogP contribution in [0.4, 0.5) is 5.69 Å². The van der Waals surface area contributed by atoms with Gasteiger partial charge in [0.15, 0.2) is 0 Å². The van der Waals surface area contributed by atoms with E-state index >= 15 is 0 Å². The fourth-order valence-corrected chi connectivity index (χ4v) is 7.06. The number of hydrogen-bond acceptors (Lipinski definition) is 4. The van der Waals surface area contributed by atoms with E-state index in [0.717, 1.165) is 53.1 Å². The fraction of sp³-hybridized carbons (Fsp3) is 0.394. The van der Waals surface area contributed by atoms with Crippen LogP contribution in [0, 0.1) is 13.8 Å². The van der Waals surface area contributed by atoms with Gasteiger partial charge in [-0.1, -0.05) is 85.3 Å². The van der Waals surface area contributed by atoms with Crippen LogP contribution in [0.2, 0.25) is 10.0 Å². The maximum Gasteiger partial charge on any atom is 0.264 e. The second kappa shape index (κ2) is 14.6. The molecule has 2 amide bonds. The topological polar surface area (TPSA) is 86.8 Å². The number of aryl methyl sites for hydroxylation is 2. The highest BCUT2D eigenvalue weighted by molar-refractivity contribution is 7.92. The van der Waals surface area contributed by atoms with Crippen LogP contribution in [0.25, 0.3) is 0 Å². The minimum Gasteiger partial charge on any atom is -0.352 e. The second-order valence-corrected chi connectivity index (χ2v) is 13.9. The molecule has 1 aliphatic carbocycles. The molecule has 3 aromatic rings. The average Bonchev–Trinajstić information content (AvgIpc) is 2.99. The molecule has 1 aliphatic rings. The molecule has 230 valence electrons. The summed E-state index contributed by atoms with van der Waals surface area (Å²) in [5.74, 6) is -0.740. The molecule has 0 heterocycles. The van der Waals surface area contributed by atoms with Crippen molar-refractivity contribution in [1.29, 1.82) is 0 Å². The van der Waals surface area contributed by atoms with E-state index in [2.05, 4.69) is 5.32 Å². The summed E-state index contributed by atoms with van der Waals surface area (Å²) in [6, 6.07) is 17.7. The number of sulfonamides is 1. The maximum absolute atomic E-state index is 14.3. The number of nitrogens with zero attached hydrogens (tertiary/aromatic N) is 2. The summed E-state index contributed by atoms with van der Waals surface area (Å²) in [7, 11) is -4.17. The zero-order valence-corrected chi connectivity index (χ0v) is 27.2. The first-order valence-electron chi connectivity index (χ1n) is 14.7. The molecule has 1 atom stereocenters. The van der Waals surface area contributed by atoms with E-state index in [9.17, 15) is 18.0 Å². The van der Waals surface area contributed by atoms with Crippen molar-refractivity contribution >= 4 is 50.7 Å². The van der Waals surface area contributed by atoms with E-state index < -0.39 is 28.5 Å². The number of hydrogen-bond donors (Lipinski definition) is 1. The minimum absolute atomic E-state index is 0.0499. The van der Waals surface area contributed by atoms with Gasteiger partial charge in [-0.2, -0.15) is 0 Å². The molecule has 4 rings (SSSR count). The molecule has 1 N–H and O–H groups in total. The third kappa shape index (κ3) is 8.31. The van der Waals surface area contributed by atoms with Crippen LogP contribution in [0.15, 0.2) is 71.6 Å². The lowest BCUT2D eigenvalue weighted by molar-refractivity contribution is -0.140. The van der Waals surface area contributed by atoms with Crippen LogP contribution in [0.3, 0.4) is 0 Å². The van der Waals surface area contributed by atoms with Gasteiger partial charge in [0.1, 0.15) is 12.6 Å². The van der Waals surface area contributed by atoms with Crippen LogP contribution in [0.5, 0.6) is 0 Å². The number of carbonyl (C=O) groups is 2. The minimum atomic E-state index is -4.17. The molecule has 7 nitrogen and oxygen atoms in total. The highest BCUT2D eigenvalue weighted by atomic mass is 35.5. The van der Waals surface area contributed by atoms with Gasteiger partial charge in [0.05, 0.1) is 10.6 Å². The third-order valence-corrected chi connectivity index (χ3v) is 10.4. The summed E-state index contributed by atoms with van der Waals surface area (Å²) in [6.45, 7) is 5.14. The number of halogens is 2. The highest BCUT2D eigenvalue weighted by Crippen LogP contribution is 2.29. The molecule has 3 aromatic carbocycles. The van der Waals surface area contributed by atoms with Crippen molar-refractivity contribution in [3.8, 4) is 0 Å². The molecule has 0 saturated heterocycles. The maximum atomic E-state index is 14.3. The van der Waals surface area contributed by atoms with Crippen LogP contribution < -0.4 is 9.62 Å². The van der Waals surface area contributed by atoms with Gasteiger partial charge < -0.3 is 10.2 Å². The van der Waals surface area contributed by atoms with Crippen molar-refractivity contribution < 1.29 is 18.0 Å². The van der Waals surface area contributed by atoms with E-state index in [1.807, 2.05) is 20.8 Å². The number of nitrogens with one attached hydrogen (secondary N) is 1. The molecule has 0 spiro atoms. The predicted octanol–water partition coefficient (Wildman–Crippen LogP) is 7.06. The Morgan fingerprint density at radius 2 is 1.58 bits per heavy atom. The van der Waals surface area contributed by atoms with Gasteiger partial charge in [-0.05, 0) is 80.6 Å². The zero-order chi connectivity index (χ0) is 31.1. The summed E-state index contributed by atoms with van der Waals surface area (Å²) in [5.41, 5.74) is 2.71. The molecule has 0 bridgehead atoms. The predicted molar refractivity (Wildman–Crippen MR) is 173 cm³/mol. The zero-order valence-electron chi connectivity index (χ0n) is 24.9. The van der Waals surface area contributed by atoms with Crippen LogP contribution in [0.1, 0.15) is 62.1 Å². The van der Waals surface area contributed by atoms with Crippen molar-refractivity contribution in [2.75, 3.05) is 10.8 Å². The van der Waals surface area contributed by atoms with Gasteiger partial charge >= 0.3 is 0 Å². The SMILES string of the molecule is CC[C@H](C(=O)NC1CCCCC1)N(Cc1ccc(Cl)cc1)C(=O)CN(c1ccc(C)c(Cl)c1)S(=O)(=O)c1ccc(C)cc1. The lowest BCUT2D eigenvalue weighted by atomic mass is 9.95. The second-order valence-electron chi connectivity index (χ2n) is 11.2. The molecule has 1 fully saturated rings. The number of amides is 2. The first kappa shape index (κ1) is 32.8. The molecule has 0 aromatic heterocycles. The Labute approximate surface area is 265 Å². The van der Waals surface area contributed by atoms with Gasteiger partial charge in [0, 0.05) is 22.6 Å². The largest absolute Gasteiger partial charge is 0.352 e. The lowest BCUT2D eigenvalue weighted by Crippen LogP contribution is -2.54. The lowest BCUT2D eigenvalue weighted by Gasteiger charge is -2.34. The smallest absolute Gasteiger partial charge is 0.264 e. The van der Waals surface area contributed by atoms with E-state index in [1.54, 1.807) is 54.6 Å². The van der Waals surface area contributed by atoms with Crippen LogP contribution >= 0.6 is 23.2 Å². The Morgan fingerprint density at radius 1 is 0.930 bits per heavy atom. The monoisotopic (exact) mass is 643 g/mol. The van der Waals surface area contributed by atoms with Gasteiger partial charge in [-0.3, -0.25) is 13.9 Å². The highest BCUT2D eigenvalue weighted by Gasteiger charge is 2.34. The van der Waals surface area contributed by atoms with Crippen molar-refractivity contribution in [3.05, 3.63) is 93.5 Å². The Hall–Kier alpha value is -3.07. The first-order valence-corrected chi connectivity index (χ1v) is 16.9. The van der Waals surface area contributed by atoms with Crippen molar-refractivity contribution in [1.82, 2.24) is 10.2 Å². The Balaban J connectivity index is 1.72. The summed E-state index contributed by atoms with van der Waals surface area (Å²) < 4.78 is 29.2. The Bertz CT molecular complexity index is 1520. The third-order valence-electron chi connectivity index (χ3n) is 7.93.